The fraction of sp³-hybridized carbons (Fsp3) is 0.0833. The SMILES string of the molecule is Cc1ccccc1-c1cnc(N)c(C#N)n1. The van der Waals surface area contributed by atoms with E-state index in [2.05, 4.69) is 9.97 Å². The van der Waals surface area contributed by atoms with Gasteiger partial charge >= 0.3 is 0 Å². The molecule has 0 aliphatic heterocycles. The Kier molecular flexibility index (Phi) is 2.52. The van der Waals surface area contributed by atoms with Crippen LogP contribution in [0.25, 0.3) is 11.3 Å². The number of anilines is 1. The average Bonchev–Trinajstić information content (AvgIpc) is 2.31. The predicted molar refractivity (Wildman–Crippen MR) is 61.3 cm³/mol. The summed E-state index contributed by atoms with van der Waals surface area (Å²) in [5, 5.41) is 8.83. The Morgan fingerprint density at radius 3 is 2.75 bits per heavy atom. The predicted octanol–water partition coefficient (Wildman–Crippen LogP) is 1.91. The summed E-state index contributed by atoms with van der Waals surface area (Å²) >= 11 is 0. The van der Waals surface area contributed by atoms with Gasteiger partial charge in [0.25, 0.3) is 0 Å². The largest absolute Gasteiger partial charge is 0.381 e. The van der Waals surface area contributed by atoms with Crippen LogP contribution in [0, 0.1) is 18.3 Å². The molecule has 2 aromatic rings. The first-order valence-corrected chi connectivity index (χ1v) is 4.81. The third-order valence-corrected chi connectivity index (χ3v) is 2.33. The molecule has 0 saturated heterocycles. The maximum atomic E-state index is 8.83. The zero-order valence-electron chi connectivity index (χ0n) is 8.81. The molecule has 0 unspecified atom stereocenters. The van der Waals surface area contributed by atoms with Crippen LogP contribution in [0.5, 0.6) is 0 Å². The summed E-state index contributed by atoms with van der Waals surface area (Å²) in [5.41, 5.74) is 8.41. The van der Waals surface area contributed by atoms with E-state index in [1.54, 1.807) is 6.20 Å². The van der Waals surface area contributed by atoms with Crippen molar-refractivity contribution in [3.05, 3.63) is 41.7 Å². The first-order valence-electron chi connectivity index (χ1n) is 4.81. The number of rotatable bonds is 1. The average molecular weight is 210 g/mol. The summed E-state index contributed by atoms with van der Waals surface area (Å²) in [6, 6.07) is 9.73. The second-order valence-electron chi connectivity index (χ2n) is 3.42. The summed E-state index contributed by atoms with van der Waals surface area (Å²) in [7, 11) is 0. The van der Waals surface area contributed by atoms with Crippen molar-refractivity contribution >= 4 is 5.82 Å². The fourth-order valence-corrected chi connectivity index (χ4v) is 1.47. The van der Waals surface area contributed by atoms with E-state index in [1.807, 2.05) is 37.3 Å². The van der Waals surface area contributed by atoms with Gasteiger partial charge in [0.15, 0.2) is 11.5 Å². The van der Waals surface area contributed by atoms with E-state index in [9.17, 15) is 0 Å². The van der Waals surface area contributed by atoms with Gasteiger partial charge in [-0.05, 0) is 12.5 Å². The quantitative estimate of drug-likeness (QED) is 0.780. The van der Waals surface area contributed by atoms with E-state index in [-0.39, 0.29) is 11.5 Å². The van der Waals surface area contributed by atoms with Crippen LogP contribution in [-0.2, 0) is 0 Å². The monoisotopic (exact) mass is 210 g/mol. The van der Waals surface area contributed by atoms with Crippen LogP contribution < -0.4 is 5.73 Å². The molecule has 1 aromatic carbocycles. The van der Waals surface area contributed by atoms with E-state index in [4.69, 9.17) is 11.0 Å². The first kappa shape index (κ1) is 10.1. The van der Waals surface area contributed by atoms with E-state index in [0.717, 1.165) is 11.1 Å². The molecule has 0 saturated carbocycles. The molecular weight excluding hydrogens is 200 g/mol. The number of hydrogen-bond donors (Lipinski definition) is 1. The lowest BCUT2D eigenvalue weighted by Crippen LogP contribution is -1.99. The van der Waals surface area contributed by atoms with E-state index in [0.29, 0.717) is 5.69 Å². The minimum atomic E-state index is 0.167. The Morgan fingerprint density at radius 2 is 2.06 bits per heavy atom. The molecule has 0 spiro atoms. The second-order valence-corrected chi connectivity index (χ2v) is 3.42. The van der Waals surface area contributed by atoms with Crippen LogP contribution >= 0.6 is 0 Å². The molecule has 2 N–H and O–H groups in total. The van der Waals surface area contributed by atoms with Crippen molar-refractivity contribution < 1.29 is 0 Å². The second kappa shape index (κ2) is 3.99. The zero-order valence-corrected chi connectivity index (χ0v) is 8.81. The highest BCUT2D eigenvalue weighted by molar-refractivity contribution is 5.64. The number of nitrogens with zero attached hydrogens (tertiary/aromatic N) is 3. The molecule has 0 bridgehead atoms. The molecule has 0 amide bonds. The van der Waals surface area contributed by atoms with E-state index < -0.39 is 0 Å². The number of aryl methyl sites for hydroxylation is 1. The standard InChI is InChI=1S/C12H10N4/c1-8-4-2-3-5-9(8)11-7-15-12(14)10(6-13)16-11/h2-5,7H,1H3,(H2,14,15). The highest BCUT2D eigenvalue weighted by Crippen LogP contribution is 2.21. The number of nitrogen functional groups attached to an aromatic ring is 1. The van der Waals surface area contributed by atoms with Crippen LogP contribution in [0.15, 0.2) is 30.5 Å². The normalized spacial score (nSPS) is 9.75. The Balaban J connectivity index is 2.59. The van der Waals surface area contributed by atoms with Crippen LogP contribution in [0.1, 0.15) is 11.3 Å². The van der Waals surface area contributed by atoms with Crippen molar-refractivity contribution in [2.24, 2.45) is 0 Å². The van der Waals surface area contributed by atoms with Crippen LogP contribution in [0.4, 0.5) is 5.82 Å². The van der Waals surface area contributed by atoms with Gasteiger partial charge < -0.3 is 5.73 Å². The molecule has 0 atom stereocenters. The van der Waals surface area contributed by atoms with Crippen LogP contribution in [0.3, 0.4) is 0 Å². The topological polar surface area (TPSA) is 75.6 Å². The minimum absolute atomic E-state index is 0.167. The van der Waals surface area contributed by atoms with Gasteiger partial charge in [-0.2, -0.15) is 5.26 Å². The molecule has 1 aromatic heterocycles. The molecule has 2 rings (SSSR count). The lowest BCUT2D eigenvalue weighted by Gasteiger charge is -2.05. The lowest BCUT2D eigenvalue weighted by molar-refractivity contribution is 1.17. The third kappa shape index (κ3) is 1.71. The molecule has 0 fully saturated rings. The molecular formula is C12H10N4. The highest BCUT2D eigenvalue weighted by Gasteiger charge is 2.07. The lowest BCUT2D eigenvalue weighted by atomic mass is 10.1. The smallest absolute Gasteiger partial charge is 0.183 e. The maximum absolute atomic E-state index is 8.83. The number of benzene rings is 1. The summed E-state index contributed by atoms with van der Waals surface area (Å²) < 4.78 is 0. The number of nitrogens with two attached hydrogens (primary N) is 1. The number of aromatic nitrogens is 2. The molecule has 0 aliphatic carbocycles. The van der Waals surface area contributed by atoms with Crippen LogP contribution in [0.2, 0.25) is 0 Å². The Morgan fingerprint density at radius 1 is 1.31 bits per heavy atom. The van der Waals surface area contributed by atoms with Crippen molar-refractivity contribution in [2.45, 2.75) is 6.92 Å². The van der Waals surface area contributed by atoms with Crippen molar-refractivity contribution in [1.82, 2.24) is 9.97 Å². The minimum Gasteiger partial charge on any atom is -0.381 e. The van der Waals surface area contributed by atoms with Gasteiger partial charge in [-0.25, -0.2) is 9.97 Å². The van der Waals surface area contributed by atoms with Gasteiger partial charge in [0, 0.05) is 5.56 Å². The first-order chi connectivity index (χ1) is 7.72. The molecule has 1 heterocycles. The molecule has 4 heteroatoms. The maximum Gasteiger partial charge on any atom is 0.183 e. The molecule has 16 heavy (non-hydrogen) atoms. The third-order valence-electron chi connectivity index (χ3n) is 2.33. The van der Waals surface area contributed by atoms with Gasteiger partial charge in [-0.3, -0.25) is 0 Å². The Hall–Kier alpha value is -2.41. The van der Waals surface area contributed by atoms with Crippen molar-refractivity contribution in [3.8, 4) is 17.3 Å². The summed E-state index contributed by atoms with van der Waals surface area (Å²) in [4.78, 5) is 8.13. The van der Waals surface area contributed by atoms with Gasteiger partial charge in [-0.15, -0.1) is 0 Å². The Bertz CT molecular complexity index is 569. The highest BCUT2D eigenvalue weighted by atomic mass is 14.9. The van der Waals surface area contributed by atoms with Crippen LogP contribution in [-0.4, -0.2) is 9.97 Å². The van der Waals surface area contributed by atoms with E-state index >= 15 is 0 Å². The number of nitriles is 1. The summed E-state index contributed by atoms with van der Waals surface area (Å²) in [5.74, 6) is 0.167. The fourth-order valence-electron chi connectivity index (χ4n) is 1.47. The molecule has 78 valence electrons. The Labute approximate surface area is 93.4 Å². The molecule has 4 nitrogen and oxygen atoms in total. The summed E-state index contributed by atoms with van der Waals surface area (Å²) in [6.07, 6.45) is 1.58. The van der Waals surface area contributed by atoms with Gasteiger partial charge in [0.1, 0.15) is 6.07 Å². The van der Waals surface area contributed by atoms with E-state index in [1.165, 1.54) is 0 Å². The van der Waals surface area contributed by atoms with Crippen molar-refractivity contribution in [1.29, 1.82) is 5.26 Å². The molecule has 0 radical (unpaired) electrons. The van der Waals surface area contributed by atoms with Crippen molar-refractivity contribution in [2.75, 3.05) is 5.73 Å². The zero-order chi connectivity index (χ0) is 11.5. The molecule has 0 aliphatic rings. The van der Waals surface area contributed by atoms with Gasteiger partial charge in [0.2, 0.25) is 0 Å². The van der Waals surface area contributed by atoms with Crippen molar-refractivity contribution in [3.63, 3.8) is 0 Å². The number of hydrogen-bond acceptors (Lipinski definition) is 4. The van der Waals surface area contributed by atoms with Gasteiger partial charge in [0.05, 0.1) is 11.9 Å². The summed E-state index contributed by atoms with van der Waals surface area (Å²) in [6.45, 7) is 1.99. The van der Waals surface area contributed by atoms with Gasteiger partial charge in [-0.1, -0.05) is 24.3 Å².